The Hall–Kier alpha value is -0.570. The van der Waals surface area contributed by atoms with E-state index < -0.39 is 5.97 Å². The minimum atomic E-state index is -0.565. The van der Waals surface area contributed by atoms with Crippen LogP contribution in [0, 0.1) is 11.8 Å². The van der Waals surface area contributed by atoms with Gasteiger partial charge in [-0.3, -0.25) is 4.79 Å². The molecular formula is C15H29NO2. The predicted octanol–water partition coefficient (Wildman–Crippen LogP) is 3.57. The first-order chi connectivity index (χ1) is 8.75. The van der Waals surface area contributed by atoms with Gasteiger partial charge in [-0.05, 0) is 38.1 Å². The Balaban J connectivity index is 2.08. The first-order valence-corrected chi connectivity index (χ1v) is 7.68. The van der Waals surface area contributed by atoms with Gasteiger partial charge in [-0.2, -0.15) is 0 Å². The number of carboxylic acid groups (broad SMARTS) is 1. The zero-order valence-electron chi connectivity index (χ0n) is 11.6. The molecule has 1 aliphatic carbocycles. The summed E-state index contributed by atoms with van der Waals surface area (Å²) in [4.78, 5) is 11.3. The van der Waals surface area contributed by atoms with E-state index in [0.29, 0.717) is 5.92 Å². The highest BCUT2D eigenvalue weighted by atomic mass is 16.4. The fourth-order valence-electron chi connectivity index (χ4n) is 3.14. The molecule has 1 atom stereocenters. The molecule has 1 saturated carbocycles. The number of hydrogen-bond acceptors (Lipinski definition) is 2. The number of carbonyl (C=O) groups is 1. The summed E-state index contributed by atoms with van der Waals surface area (Å²) in [5.41, 5.74) is 5.45. The molecule has 3 heteroatoms. The summed E-state index contributed by atoms with van der Waals surface area (Å²) < 4.78 is 0. The van der Waals surface area contributed by atoms with E-state index in [0.717, 1.165) is 38.6 Å². The van der Waals surface area contributed by atoms with Crippen molar-refractivity contribution in [1.82, 2.24) is 0 Å². The second kappa shape index (κ2) is 9.37. The monoisotopic (exact) mass is 255 g/mol. The van der Waals surface area contributed by atoms with Crippen molar-refractivity contribution in [2.24, 2.45) is 17.6 Å². The van der Waals surface area contributed by atoms with Crippen LogP contribution in [0.2, 0.25) is 0 Å². The van der Waals surface area contributed by atoms with Crippen LogP contribution in [0.4, 0.5) is 0 Å². The molecule has 0 aromatic heterocycles. The molecule has 1 rings (SSSR count). The SMILES string of the molecule is NCCCCCCCCC(C(=O)O)C1CCCC1. The average Bonchev–Trinajstić information content (AvgIpc) is 2.85. The van der Waals surface area contributed by atoms with Gasteiger partial charge in [0.1, 0.15) is 0 Å². The molecule has 3 N–H and O–H groups in total. The van der Waals surface area contributed by atoms with Crippen molar-refractivity contribution in [2.75, 3.05) is 6.54 Å². The van der Waals surface area contributed by atoms with E-state index >= 15 is 0 Å². The van der Waals surface area contributed by atoms with Gasteiger partial charge in [-0.1, -0.05) is 44.9 Å². The van der Waals surface area contributed by atoms with E-state index in [1.807, 2.05) is 0 Å². The highest BCUT2D eigenvalue weighted by Gasteiger charge is 2.29. The lowest BCUT2D eigenvalue weighted by atomic mass is 9.86. The molecule has 0 aliphatic heterocycles. The van der Waals surface area contributed by atoms with Crippen LogP contribution >= 0.6 is 0 Å². The lowest BCUT2D eigenvalue weighted by Crippen LogP contribution is -2.21. The molecule has 0 saturated heterocycles. The predicted molar refractivity (Wildman–Crippen MR) is 74.5 cm³/mol. The van der Waals surface area contributed by atoms with Gasteiger partial charge in [0, 0.05) is 0 Å². The lowest BCUT2D eigenvalue weighted by molar-refractivity contribution is -0.144. The van der Waals surface area contributed by atoms with Crippen molar-refractivity contribution in [1.29, 1.82) is 0 Å². The molecule has 3 nitrogen and oxygen atoms in total. The molecule has 1 unspecified atom stereocenters. The van der Waals surface area contributed by atoms with E-state index in [1.54, 1.807) is 0 Å². The van der Waals surface area contributed by atoms with Gasteiger partial charge in [0.05, 0.1) is 5.92 Å². The van der Waals surface area contributed by atoms with Crippen LogP contribution < -0.4 is 5.73 Å². The molecule has 0 radical (unpaired) electrons. The van der Waals surface area contributed by atoms with Crippen molar-refractivity contribution in [3.05, 3.63) is 0 Å². The van der Waals surface area contributed by atoms with E-state index in [2.05, 4.69) is 0 Å². The standard InChI is InChI=1S/C15H29NO2/c16-12-8-4-2-1-3-5-11-14(15(17)18)13-9-6-7-10-13/h13-14H,1-12,16H2,(H,17,18). The molecule has 0 spiro atoms. The fraction of sp³-hybridized carbons (Fsp3) is 0.933. The number of hydrogen-bond donors (Lipinski definition) is 2. The van der Waals surface area contributed by atoms with Gasteiger partial charge < -0.3 is 10.8 Å². The summed E-state index contributed by atoms with van der Waals surface area (Å²) in [6.45, 7) is 0.794. The van der Waals surface area contributed by atoms with Crippen molar-refractivity contribution in [2.45, 2.75) is 70.6 Å². The number of aliphatic carboxylic acids is 1. The van der Waals surface area contributed by atoms with Crippen LogP contribution in [-0.2, 0) is 4.79 Å². The van der Waals surface area contributed by atoms with Crippen molar-refractivity contribution in [3.63, 3.8) is 0 Å². The Morgan fingerprint density at radius 2 is 1.61 bits per heavy atom. The number of carboxylic acids is 1. The van der Waals surface area contributed by atoms with Gasteiger partial charge in [0.2, 0.25) is 0 Å². The van der Waals surface area contributed by atoms with Crippen LogP contribution in [0.25, 0.3) is 0 Å². The Morgan fingerprint density at radius 3 is 2.17 bits per heavy atom. The summed E-state index contributed by atoms with van der Waals surface area (Å²) in [6, 6.07) is 0. The molecule has 106 valence electrons. The quantitative estimate of drug-likeness (QED) is 0.587. The van der Waals surface area contributed by atoms with Crippen LogP contribution in [0.15, 0.2) is 0 Å². The summed E-state index contributed by atoms with van der Waals surface area (Å²) in [5, 5.41) is 9.29. The van der Waals surface area contributed by atoms with Crippen molar-refractivity contribution >= 4 is 5.97 Å². The van der Waals surface area contributed by atoms with Gasteiger partial charge >= 0.3 is 5.97 Å². The van der Waals surface area contributed by atoms with E-state index in [4.69, 9.17) is 5.73 Å². The first-order valence-electron chi connectivity index (χ1n) is 7.68. The highest BCUT2D eigenvalue weighted by Crippen LogP contribution is 2.34. The van der Waals surface area contributed by atoms with E-state index in [9.17, 15) is 9.90 Å². The maximum Gasteiger partial charge on any atom is 0.306 e. The minimum absolute atomic E-state index is 0.0726. The van der Waals surface area contributed by atoms with E-state index in [1.165, 1.54) is 38.5 Å². The Kier molecular flexibility index (Phi) is 8.06. The number of nitrogens with two attached hydrogens (primary N) is 1. The summed E-state index contributed by atoms with van der Waals surface area (Å²) in [7, 11) is 0. The number of unbranched alkanes of at least 4 members (excludes halogenated alkanes) is 5. The van der Waals surface area contributed by atoms with Crippen molar-refractivity contribution in [3.8, 4) is 0 Å². The maximum absolute atomic E-state index is 11.3. The van der Waals surface area contributed by atoms with Gasteiger partial charge in [0.25, 0.3) is 0 Å². The molecular weight excluding hydrogens is 226 g/mol. The Labute approximate surface area is 111 Å². The van der Waals surface area contributed by atoms with E-state index in [-0.39, 0.29) is 5.92 Å². The summed E-state index contributed by atoms with van der Waals surface area (Å²) >= 11 is 0. The topological polar surface area (TPSA) is 63.3 Å². The molecule has 0 aromatic carbocycles. The zero-order valence-corrected chi connectivity index (χ0v) is 11.6. The lowest BCUT2D eigenvalue weighted by Gasteiger charge is -2.18. The maximum atomic E-state index is 11.3. The molecule has 0 amide bonds. The van der Waals surface area contributed by atoms with Gasteiger partial charge in [-0.25, -0.2) is 0 Å². The zero-order chi connectivity index (χ0) is 13.2. The third-order valence-electron chi connectivity index (χ3n) is 4.26. The summed E-state index contributed by atoms with van der Waals surface area (Å²) in [6.07, 6.45) is 12.7. The first kappa shape index (κ1) is 15.5. The molecule has 18 heavy (non-hydrogen) atoms. The minimum Gasteiger partial charge on any atom is -0.481 e. The molecule has 0 aromatic rings. The molecule has 1 fully saturated rings. The summed E-state index contributed by atoms with van der Waals surface area (Å²) in [5.74, 6) is -0.179. The van der Waals surface area contributed by atoms with Crippen molar-refractivity contribution < 1.29 is 9.90 Å². The third kappa shape index (κ3) is 5.85. The van der Waals surface area contributed by atoms with Gasteiger partial charge in [0.15, 0.2) is 0 Å². The highest BCUT2D eigenvalue weighted by molar-refractivity contribution is 5.70. The molecule has 1 aliphatic rings. The third-order valence-corrected chi connectivity index (χ3v) is 4.26. The average molecular weight is 255 g/mol. The molecule has 0 bridgehead atoms. The van der Waals surface area contributed by atoms with Gasteiger partial charge in [-0.15, -0.1) is 0 Å². The second-order valence-corrected chi connectivity index (χ2v) is 5.69. The Bertz CT molecular complexity index is 225. The van der Waals surface area contributed by atoms with Crippen LogP contribution in [0.3, 0.4) is 0 Å². The fourth-order valence-corrected chi connectivity index (χ4v) is 3.14. The van der Waals surface area contributed by atoms with Crippen LogP contribution in [-0.4, -0.2) is 17.6 Å². The van der Waals surface area contributed by atoms with Crippen LogP contribution in [0.5, 0.6) is 0 Å². The smallest absolute Gasteiger partial charge is 0.306 e. The normalized spacial score (nSPS) is 18.1. The molecule has 0 heterocycles. The largest absolute Gasteiger partial charge is 0.481 e. The second-order valence-electron chi connectivity index (χ2n) is 5.69. The van der Waals surface area contributed by atoms with Crippen LogP contribution in [0.1, 0.15) is 70.6 Å². The number of rotatable bonds is 10. The Morgan fingerprint density at radius 1 is 1.06 bits per heavy atom.